The van der Waals surface area contributed by atoms with Gasteiger partial charge in [0.2, 0.25) is 0 Å². The lowest BCUT2D eigenvalue weighted by Gasteiger charge is -2.39. The van der Waals surface area contributed by atoms with Gasteiger partial charge in [0, 0.05) is 13.1 Å². The number of piperidine rings is 1. The molecule has 1 N–H and O–H groups in total. The van der Waals surface area contributed by atoms with Crippen LogP contribution in [0.3, 0.4) is 0 Å². The second-order valence-electron chi connectivity index (χ2n) is 6.25. The molecule has 1 fully saturated rings. The van der Waals surface area contributed by atoms with E-state index in [-0.39, 0.29) is 0 Å². The molecule has 0 unspecified atom stereocenters. The van der Waals surface area contributed by atoms with Crippen LogP contribution in [0.1, 0.15) is 35.2 Å². The Morgan fingerprint density at radius 2 is 1.83 bits per heavy atom. The van der Waals surface area contributed by atoms with E-state index in [0.29, 0.717) is 18.4 Å². The first-order valence-corrected chi connectivity index (χ1v) is 7.95. The molecule has 118 valence electrons. The summed E-state index contributed by atoms with van der Waals surface area (Å²) in [5, 5.41) is 20.1. The van der Waals surface area contributed by atoms with Crippen molar-refractivity contribution in [2.24, 2.45) is 0 Å². The zero-order valence-electron chi connectivity index (χ0n) is 13.6. The molecular formula is C19H21N3O. The number of rotatable bonds is 2. The third-order valence-corrected chi connectivity index (χ3v) is 4.72. The number of pyridine rings is 1. The van der Waals surface area contributed by atoms with Crippen LogP contribution in [0.5, 0.6) is 0 Å². The van der Waals surface area contributed by atoms with E-state index in [9.17, 15) is 5.11 Å². The molecule has 1 aromatic carbocycles. The molecular weight excluding hydrogens is 286 g/mol. The quantitative estimate of drug-likeness (QED) is 0.926. The zero-order valence-corrected chi connectivity index (χ0v) is 13.6. The summed E-state index contributed by atoms with van der Waals surface area (Å²) in [6.45, 7) is 5.33. The van der Waals surface area contributed by atoms with E-state index < -0.39 is 5.60 Å². The second kappa shape index (κ2) is 6.02. The highest BCUT2D eigenvalue weighted by molar-refractivity contribution is 5.50. The molecule has 0 bridgehead atoms. The lowest BCUT2D eigenvalue weighted by Crippen LogP contribution is -2.43. The van der Waals surface area contributed by atoms with Crippen molar-refractivity contribution in [3.63, 3.8) is 0 Å². The van der Waals surface area contributed by atoms with Gasteiger partial charge in [-0.3, -0.25) is 0 Å². The van der Waals surface area contributed by atoms with E-state index in [1.165, 1.54) is 0 Å². The predicted molar refractivity (Wildman–Crippen MR) is 90.2 cm³/mol. The van der Waals surface area contributed by atoms with Crippen LogP contribution in [0.4, 0.5) is 5.82 Å². The normalized spacial score (nSPS) is 16.9. The molecule has 23 heavy (non-hydrogen) atoms. The Bertz CT molecular complexity index is 718. The molecule has 0 aliphatic carbocycles. The predicted octanol–water partition coefficient (Wildman–Crippen LogP) is 3.06. The van der Waals surface area contributed by atoms with E-state index >= 15 is 0 Å². The molecule has 0 amide bonds. The van der Waals surface area contributed by atoms with Crippen molar-refractivity contribution in [2.45, 2.75) is 32.3 Å². The molecule has 2 aromatic rings. The molecule has 0 saturated carbocycles. The van der Waals surface area contributed by atoms with Gasteiger partial charge in [-0.25, -0.2) is 4.98 Å². The third kappa shape index (κ3) is 2.93. The molecule has 4 heteroatoms. The zero-order chi connectivity index (χ0) is 16.4. The first-order valence-electron chi connectivity index (χ1n) is 7.95. The number of anilines is 1. The van der Waals surface area contributed by atoms with Gasteiger partial charge in [-0.2, -0.15) is 5.26 Å². The average Bonchev–Trinajstić information content (AvgIpc) is 2.56. The minimum absolute atomic E-state index is 0.659. The smallest absolute Gasteiger partial charge is 0.129 e. The number of aromatic nitrogens is 1. The summed E-state index contributed by atoms with van der Waals surface area (Å²) in [6.07, 6.45) is 1.35. The van der Waals surface area contributed by atoms with Crippen LogP contribution in [-0.2, 0) is 5.60 Å². The highest BCUT2D eigenvalue weighted by Gasteiger charge is 2.34. The van der Waals surface area contributed by atoms with Gasteiger partial charge in [-0.05, 0) is 43.9 Å². The first kappa shape index (κ1) is 15.5. The van der Waals surface area contributed by atoms with Gasteiger partial charge in [-0.15, -0.1) is 0 Å². The molecule has 1 saturated heterocycles. The van der Waals surface area contributed by atoms with Crippen molar-refractivity contribution < 1.29 is 5.11 Å². The second-order valence-corrected chi connectivity index (χ2v) is 6.25. The molecule has 1 aliphatic rings. The van der Waals surface area contributed by atoms with E-state index in [2.05, 4.69) is 16.0 Å². The lowest BCUT2D eigenvalue weighted by atomic mass is 9.84. The van der Waals surface area contributed by atoms with Gasteiger partial charge in [-0.1, -0.05) is 30.3 Å². The van der Waals surface area contributed by atoms with Gasteiger partial charge < -0.3 is 10.0 Å². The Labute approximate surface area is 137 Å². The Balaban J connectivity index is 1.79. The van der Waals surface area contributed by atoms with Crippen LogP contribution in [0.25, 0.3) is 0 Å². The van der Waals surface area contributed by atoms with E-state index in [1.807, 2.05) is 50.2 Å². The molecule has 2 heterocycles. The maximum Gasteiger partial charge on any atom is 0.129 e. The van der Waals surface area contributed by atoms with Crippen LogP contribution >= 0.6 is 0 Å². The minimum Gasteiger partial charge on any atom is -0.385 e. The van der Waals surface area contributed by atoms with Crippen LogP contribution in [0.15, 0.2) is 36.4 Å². The standard InChI is InChI=1S/C19H21N3O/c1-14-12-18(21-15(2)17(14)13-20)22-10-8-19(23,9-11-22)16-6-4-3-5-7-16/h3-7,12,23H,8-11H2,1-2H3. The van der Waals surface area contributed by atoms with Gasteiger partial charge in [0.1, 0.15) is 11.9 Å². The van der Waals surface area contributed by atoms with Gasteiger partial charge in [0.05, 0.1) is 16.9 Å². The molecule has 3 rings (SSSR count). The topological polar surface area (TPSA) is 60.1 Å². The fourth-order valence-corrected chi connectivity index (χ4v) is 3.29. The fourth-order valence-electron chi connectivity index (χ4n) is 3.29. The van der Waals surface area contributed by atoms with Crippen molar-refractivity contribution in [3.8, 4) is 6.07 Å². The van der Waals surface area contributed by atoms with Gasteiger partial charge in [0.15, 0.2) is 0 Å². The highest BCUT2D eigenvalue weighted by Crippen LogP contribution is 2.34. The summed E-state index contributed by atoms with van der Waals surface area (Å²) in [7, 11) is 0. The van der Waals surface area contributed by atoms with Gasteiger partial charge >= 0.3 is 0 Å². The van der Waals surface area contributed by atoms with Crippen molar-refractivity contribution in [2.75, 3.05) is 18.0 Å². The molecule has 1 aromatic heterocycles. The Morgan fingerprint density at radius 3 is 2.39 bits per heavy atom. The summed E-state index contributed by atoms with van der Waals surface area (Å²) >= 11 is 0. The summed E-state index contributed by atoms with van der Waals surface area (Å²) in [4.78, 5) is 6.76. The summed E-state index contributed by atoms with van der Waals surface area (Å²) in [5.41, 5.74) is 2.62. The van der Waals surface area contributed by atoms with E-state index in [4.69, 9.17) is 5.26 Å². The van der Waals surface area contributed by atoms with Crippen molar-refractivity contribution in [1.82, 2.24) is 4.98 Å². The van der Waals surface area contributed by atoms with Crippen molar-refractivity contribution >= 4 is 5.82 Å². The Morgan fingerprint density at radius 1 is 1.17 bits per heavy atom. The summed E-state index contributed by atoms with van der Waals surface area (Å²) in [5.74, 6) is 0.897. The lowest BCUT2D eigenvalue weighted by molar-refractivity contribution is 0.0116. The molecule has 0 radical (unpaired) electrons. The van der Waals surface area contributed by atoms with Crippen LogP contribution in [0.2, 0.25) is 0 Å². The number of hydrogen-bond acceptors (Lipinski definition) is 4. The van der Waals surface area contributed by atoms with Gasteiger partial charge in [0.25, 0.3) is 0 Å². The Kier molecular flexibility index (Phi) is 4.06. The maximum absolute atomic E-state index is 10.9. The molecule has 4 nitrogen and oxygen atoms in total. The first-order chi connectivity index (χ1) is 11.0. The van der Waals surface area contributed by atoms with Crippen LogP contribution in [0, 0.1) is 25.2 Å². The summed E-state index contributed by atoms with van der Waals surface area (Å²) < 4.78 is 0. The van der Waals surface area contributed by atoms with Crippen molar-refractivity contribution in [3.05, 3.63) is 58.8 Å². The maximum atomic E-state index is 10.9. The molecule has 0 atom stereocenters. The number of nitrogens with zero attached hydrogens (tertiary/aromatic N) is 3. The molecule has 1 aliphatic heterocycles. The highest BCUT2D eigenvalue weighted by atomic mass is 16.3. The number of hydrogen-bond donors (Lipinski definition) is 1. The summed E-state index contributed by atoms with van der Waals surface area (Å²) in [6, 6.07) is 14.1. The Hall–Kier alpha value is -2.38. The van der Waals surface area contributed by atoms with Crippen molar-refractivity contribution in [1.29, 1.82) is 5.26 Å². The molecule has 0 spiro atoms. The average molecular weight is 307 g/mol. The largest absolute Gasteiger partial charge is 0.385 e. The monoisotopic (exact) mass is 307 g/mol. The number of aryl methyl sites for hydroxylation is 2. The number of aliphatic hydroxyl groups is 1. The number of benzene rings is 1. The fraction of sp³-hybridized carbons (Fsp3) is 0.368. The van der Waals surface area contributed by atoms with E-state index in [1.54, 1.807) is 0 Å². The number of nitriles is 1. The minimum atomic E-state index is -0.756. The third-order valence-electron chi connectivity index (χ3n) is 4.72. The van der Waals surface area contributed by atoms with Crippen LogP contribution < -0.4 is 4.90 Å². The SMILES string of the molecule is Cc1cc(N2CCC(O)(c3ccccc3)CC2)nc(C)c1C#N. The van der Waals surface area contributed by atoms with Crippen LogP contribution in [-0.4, -0.2) is 23.2 Å². The van der Waals surface area contributed by atoms with E-state index in [0.717, 1.165) is 35.7 Å².